The Kier molecular flexibility index (Phi) is 6.26. The molecule has 2 amide bonds. The number of carbonyl (C=O) groups is 3. The van der Waals surface area contributed by atoms with Crippen LogP contribution in [0, 0.1) is 5.82 Å². The van der Waals surface area contributed by atoms with Crippen LogP contribution in [0.5, 0.6) is 0 Å². The second kappa shape index (κ2) is 8.84. The number of benzene rings is 2. The smallest absolute Gasteiger partial charge is 0.310 e. The van der Waals surface area contributed by atoms with E-state index in [1.54, 1.807) is 29.2 Å². The van der Waals surface area contributed by atoms with Gasteiger partial charge in [0.2, 0.25) is 5.91 Å². The molecule has 1 saturated heterocycles. The maximum atomic E-state index is 13.6. The van der Waals surface area contributed by atoms with Crippen molar-refractivity contribution in [3.8, 4) is 0 Å². The molecular weight excluding hydrogens is 387 g/mol. The number of halogens is 2. The molecule has 1 aliphatic rings. The van der Waals surface area contributed by atoms with Crippen molar-refractivity contribution >= 4 is 40.8 Å². The van der Waals surface area contributed by atoms with E-state index in [9.17, 15) is 18.8 Å². The molecule has 1 fully saturated rings. The molecule has 2 aromatic rings. The van der Waals surface area contributed by atoms with Crippen molar-refractivity contribution < 1.29 is 23.5 Å². The van der Waals surface area contributed by atoms with Gasteiger partial charge in [0.05, 0.1) is 12.1 Å². The van der Waals surface area contributed by atoms with Gasteiger partial charge < -0.3 is 15.0 Å². The van der Waals surface area contributed by atoms with Gasteiger partial charge in [0.25, 0.3) is 5.91 Å². The molecule has 0 spiro atoms. The van der Waals surface area contributed by atoms with Crippen LogP contribution in [-0.4, -0.2) is 30.9 Å². The second-order valence-electron chi connectivity index (χ2n) is 6.33. The van der Waals surface area contributed by atoms with E-state index in [-0.39, 0.29) is 23.0 Å². The van der Waals surface area contributed by atoms with Crippen LogP contribution >= 0.6 is 11.6 Å². The lowest BCUT2D eigenvalue weighted by Gasteiger charge is -2.15. The van der Waals surface area contributed by atoms with Crippen LogP contribution in [0.2, 0.25) is 5.02 Å². The normalized spacial score (nSPS) is 13.5. The van der Waals surface area contributed by atoms with Gasteiger partial charge in [-0.15, -0.1) is 0 Å². The summed E-state index contributed by atoms with van der Waals surface area (Å²) in [4.78, 5) is 37.2. The molecule has 1 N–H and O–H groups in total. The fourth-order valence-corrected chi connectivity index (χ4v) is 3.03. The van der Waals surface area contributed by atoms with Gasteiger partial charge >= 0.3 is 5.97 Å². The van der Waals surface area contributed by atoms with Crippen molar-refractivity contribution in [3.05, 3.63) is 58.9 Å². The van der Waals surface area contributed by atoms with Crippen LogP contribution in [0.15, 0.2) is 42.5 Å². The largest absolute Gasteiger partial charge is 0.455 e. The highest BCUT2D eigenvalue weighted by Gasteiger charge is 2.21. The molecule has 0 bridgehead atoms. The summed E-state index contributed by atoms with van der Waals surface area (Å²) >= 11 is 5.75. The minimum atomic E-state index is -0.669. The lowest BCUT2D eigenvalue weighted by molar-refractivity contribution is -0.146. The Morgan fingerprint density at radius 2 is 1.93 bits per heavy atom. The van der Waals surface area contributed by atoms with Gasteiger partial charge in [-0.1, -0.05) is 23.7 Å². The van der Waals surface area contributed by atoms with Crippen molar-refractivity contribution in [1.82, 2.24) is 0 Å². The summed E-state index contributed by atoms with van der Waals surface area (Å²) in [6.07, 6.45) is 1.37. The van der Waals surface area contributed by atoms with Crippen LogP contribution in [-0.2, 0) is 25.5 Å². The van der Waals surface area contributed by atoms with E-state index in [0.717, 1.165) is 18.2 Å². The summed E-state index contributed by atoms with van der Waals surface area (Å²) in [5.74, 6) is -1.81. The number of ether oxygens (including phenoxy) is 1. The molecule has 2 aromatic carbocycles. The number of anilines is 2. The Bertz CT molecular complexity index is 902. The fourth-order valence-electron chi connectivity index (χ4n) is 2.86. The number of carbonyl (C=O) groups excluding carboxylic acids is 3. The topological polar surface area (TPSA) is 75.7 Å². The summed E-state index contributed by atoms with van der Waals surface area (Å²) in [6, 6.07) is 10.8. The first-order valence-electron chi connectivity index (χ1n) is 8.72. The van der Waals surface area contributed by atoms with Crippen LogP contribution in [0.1, 0.15) is 18.4 Å². The molecule has 0 saturated carbocycles. The van der Waals surface area contributed by atoms with Gasteiger partial charge in [0.1, 0.15) is 5.82 Å². The van der Waals surface area contributed by atoms with Crippen molar-refractivity contribution in [2.24, 2.45) is 0 Å². The Morgan fingerprint density at radius 1 is 1.18 bits per heavy atom. The van der Waals surface area contributed by atoms with Crippen LogP contribution in [0.4, 0.5) is 15.8 Å². The Morgan fingerprint density at radius 3 is 2.61 bits per heavy atom. The van der Waals surface area contributed by atoms with E-state index in [0.29, 0.717) is 18.5 Å². The van der Waals surface area contributed by atoms with Crippen LogP contribution in [0.3, 0.4) is 0 Å². The number of amides is 2. The number of nitrogens with one attached hydrogen (secondary N) is 1. The zero-order chi connectivity index (χ0) is 20.1. The average Bonchev–Trinajstić information content (AvgIpc) is 3.10. The molecule has 0 atom stereocenters. The quantitative estimate of drug-likeness (QED) is 0.749. The zero-order valence-electron chi connectivity index (χ0n) is 14.9. The van der Waals surface area contributed by atoms with Gasteiger partial charge in [-0.3, -0.25) is 14.4 Å². The molecule has 0 aromatic heterocycles. The summed E-state index contributed by atoms with van der Waals surface area (Å²) in [5, 5.41) is 2.57. The molecule has 8 heteroatoms. The fraction of sp³-hybridized carbons (Fsp3) is 0.250. The molecule has 146 valence electrons. The maximum absolute atomic E-state index is 13.6. The maximum Gasteiger partial charge on any atom is 0.310 e. The van der Waals surface area contributed by atoms with E-state index in [2.05, 4.69) is 5.32 Å². The van der Waals surface area contributed by atoms with Gasteiger partial charge in [0.15, 0.2) is 6.61 Å². The highest BCUT2D eigenvalue weighted by atomic mass is 35.5. The third-order valence-electron chi connectivity index (χ3n) is 4.24. The second-order valence-corrected chi connectivity index (χ2v) is 6.76. The number of nitrogens with zero attached hydrogens (tertiary/aromatic N) is 1. The standard InChI is InChI=1S/C20H18ClFN2O4/c21-14-5-8-16(22)17(11-14)23-18(25)12-28-20(27)10-13-3-6-15(7-4-13)24-9-1-2-19(24)26/h3-8,11H,1-2,9-10,12H2,(H,23,25). The predicted molar refractivity (Wildman–Crippen MR) is 103 cm³/mol. The molecule has 28 heavy (non-hydrogen) atoms. The minimum absolute atomic E-state index is 0.0208. The number of hydrogen-bond acceptors (Lipinski definition) is 4. The van der Waals surface area contributed by atoms with Crippen molar-refractivity contribution in [1.29, 1.82) is 0 Å². The Labute approximate surface area is 166 Å². The van der Waals surface area contributed by atoms with Gasteiger partial charge in [-0.25, -0.2) is 4.39 Å². The average molecular weight is 405 g/mol. The monoisotopic (exact) mass is 404 g/mol. The molecule has 1 aliphatic heterocycles. The lowest BCUT2D eigenvalue weighted by Crippen LogP contribution is -2.23. The minimum Gasteiger partial charge on any atom is -0.455 e. The van der Waals surface area contributed by atoms with Crippen molar-refractivity contribution in [3.63, 3.8) is 0 Å². The molecule has 0 radical (unpaired) electrons. The molecule has 3 rings (SSSR count). The zero-order valence-corrected chi connectivity index (χ0v) is 15.7. The van der Waals surface area contributed by atoms with E-state index >= 15 is 0 Å². The number of rotatable bonds is 6. The van der Waals surface area contributed by atoms with E-state index in [1.807, 2.05) is 0 Å². The third kappa shape index (κ3) is 5.07. The van der Waals surface area contributed by atoms with Crippen LogP contribution < -0.4 is 10.2 Å². The summed E-state index contributed by atoms with van der Waals surface area (Å²) < 4.78 is 18.5. The highest BCUT2D eigenvalue weighted by molar-refractivity contribution is 6.30. The lowest BCUT2D eigenvalue weighted by atomic mass is 10.1. The van der Waals surface area contributed by atoms with Gasteiger partial charge in [-0.05, 0) is 42.3 Å². The van der Waals surface area contributed by atoms with E-state index in [4.69, 9.17) is 16.3 Å². The summed E-state index contributed by atoms with van der Waals surface area (Å²) in [5.41, 5.74) is 1.41. The molecule has 1 heterocycles. The summed E-state index contributed by atoms with van der Waals surface area (Å²) in [7, 11) is 0. The Hall–Kier alpha value is -2.93. The molecule has 6 nitrogen and oxygen atoms in total. The first-order chi connectivity index (χ1) is 13.4. The first kappa shape index (κ1) is 19.8. The first-order valence-corrected chi connectivity index (χ1v) is 9.10. The molecule has 0 aliphatic carbocycles. The molecule has 0 unspecified atom stereocenters. The van der Waals surface area contributed by atoms with E-state index in [1.165, 1.54) is 12.1 Å². The Balaban J connectivity index is 1.48. The van der Waals surface area contributed by atoms with Gasteiger partial charge in [-0.2, -0.15) is 0 Å². The van der Waals surface area contributed by atoms with Crippen LogP contribution in [0.25, 0.3) is 0 Å². The number of hydrogen-bond donors (Lipinski definition) is 1. The van der Waals surface area contributed by atoms with Crippen molar-refractivity contribution in [2.75, 3.05) is 23.4 Å². The SMILES string of the molecule is O=C(COC(=O)Cc1ccc(N2CCCC2=O)cc1)Nc1cc(Cl)ccc1F. The predicted octanol–water partition coefficient (Wildman–Crippen LogP) is 3.33. The summed E-state index contributed by atoms with van der Waals surface area (Å²) in [6.45, 7) is 0.160. The van der Waals surface area contributed by atoms with Crippen molar-refractivity contribution in [2.45, 2.75) is 19.3 Å². The molecular formula is C20H18ClFN2O4. The highest BCUT2D eigenvalue weighted by Crippen LogP contribution is 2.22. The number of esters is 1. The third-order valence-corrected chi connectivity index (χ3v) is 4.47. The van der Waals surface area contributed by atoms with Gasteiger partial charge in [0, 0.05) is 23.7 Å². The van der Waals surface area contributed by atoms with E-state index < -0.39 is 24.3 Å².